The summed E-state index contributed by atoms with van der Waals surface area (Å²) in [5.74, 6) is 0.115. The number of hydrogen-bond acceptors (Lipinski definition) is 3. The number of amides is 1. The van der Waals surface area contributed by atoms with Gasteiger partial charge in [-0.15, -0.1) is 0 Å². The summed E-state index contributed by atoms with van der Waals surface area (Å²) in [7, 11) is 4.06. The molecule has 0 aliphatic heterocycles. The number of rotatable bonds is 6. The fourth-order valence-corrected chi connectivity index (χ4v) is 3.05. The maximum absolute atomic E-state index is 12.6. The van der Waals surface area contributed by atoms with Crippen LogP contribution in [-0.2, 0) is 9.59 Å². The van der Waals surface area contributed by atoms with Gasteiger partial charge < -0.3 is 10.2 Å². The average Bonchev–Trinajstić information content (AvgIpc) is 2.41. The molecule has 0 radical (unpaired) electrons. The van der Waals surface area contributed by atoms with E-state index in [1.807, 2.05) is 34.9 Å². The highest BCUT2D eigenvalue weighted by Crippen LogP contribution is 2.35. The molecule has 21 heavy (non-hydrogen) atoms. The molecule has 4 heteroatoms. The number of carbonyl (C=O) groups is 2. The van der Waals surface area contributed by atoms with E-state index in [1.54, 1.807) is 0 Å². The van der Waals surface area contributed by atoms with E-state index < -0.39 is 0 Å². The van der Waals surface area contributed by atoms with E-state index in [2.05, 4.69) is 10.2 Å². The number of Topliss-reactive ketones (excluding diaryl/α,β-unsaturated/α-hetero) is 1. The van der Waals surface area contributed by atoms with Crippen LogP contribution in [0.4, 0.5) is 0 Å². The minimum atomic E-state index is -0.356. The third kappa shape index (κ3) is 5.77. The van der Waals surface area contributed by atoms with Crippen LogP contribution in [0, 0.1) is 17.3 Å². The summed E-state index contributed by atoms with van der Waals surface area (Å²) in [4.78, 5) is 27.1. The lowest BCUT2D eigenvalue weighted by molar-refractivity contribution is -0.139. The SMILES string of the molecule is CN(C)CCCNC(=O)[C@H]1CCCC[C@H]1C(=O)C(C)(C)C. The molecule has 1 aliphatic rings. The molecule has 0 aromatic heterocycles. The summed E-state index contributed by atoms with van der Waals surface area (Å²) in [6, 6.07) is 0. The first-order valence-electron chi connectivity index (χ1n) is 8.20. The Bertz CT molecular complexity index is 358. The van der Waals surface area contributed by atoms with Gasteiger partial charge in [0, 0.05) is 23.8 Å². The van der Waals surface area contributed by atoms with E-state index in [4.69, 9.17) is 0 Å². The van der Waals surface area contributed by atoms with Crippen LogP contribution in [0.25, 0.3) is 0 Å². The van der Waals surface area contributed by atoms with Crippen molar-refractivity contribution in [1.29, 1.82) is 0 Å². The van der Waals surface area contributed by atoms with Gasteiger partial charge in [0.2, 0.25) is 5.91 Å². The Balaban J connectivity index is 2.56. The quantitative estimate of drug-likeness (QED) is 0.766. The number of carbonyl (C=O) groups excluding carboxylic acids is 2. The highest BCUT2D eigenvalue weighted by molar-refractivity contribution is 5.91. The van der Waals surface area contributed by atoms with Crippen molar-refractivity contribution in [1.82, 2.24) is 10.2 Å². The molecular formula is C17H32N2O2. The van der Waals surface area contributed by atoms with Gasteiger partial charge in [-0.2, -0.15) is 0 Å². The second-order valence-electron chi connectivity index (χ2n) is 7.56. The molecule has 1 N–H and O–H groups in total. The fraction of sp³-hybridized carbons (Fsp3) is 0.882. The van der Waals surface area contributed by atoms with Gasteiger partial charge in [-0.3, -0.25) is 9.59 Å². The molecule has 0 aromatic carbocycles. The summed E-state index contributed by atoms with van der Waals surface area (Å²) < 4.78 is 0. The highest BCUT2D eigenvalue weighted by atomic mass is 16.2. The van der Waals surface area contributed by atoms with Gasteiger partial charge in [0.05, 0.1) is 0 Å². The van der Waals surface area contributed by atoms with Crippen molar-refractivity contribution in [3.8, 4) is 0 Å². The van der Waals surface area contributed by atoms with Crippen LogP contribution >= 0.6 is 0 Å². The molecule has 4 nitrogen and oxygen atoms in total. The van der Waals surface area contributed by atoms with Crippen molar-refractivity contribution in [2.45, 2.75) is 52.9 Å². The van der Waals surface area contributed by atoms with Crippen molar-refractivity contribution in [3.63, 3.8) is 0 Å². The van der Waals surface area contributed by atoms with Crippen molar-refractivity contribution in [2.75, 3.05) is 27.2 Å². The molecule has 1 aliphatic carbocycles. The Hall–Kier alpha value is -0.900. The molecule has 0 unspecified atom stereocenters. The molecule has 0 bridgehead atoms. The summed E-state index contributed by atoms with van der Waals surface area (Å²) in [6.45, 7) is 7.53. The van der Waals surface area contributed by atoms with Gasteiger partial charge in [-0.25, -0.2) is 0 Å². The number of hydrogen-bond donors (Lipinski definition) is 1. The van der Waals surface area contributed by atoms with Crippen LogP contribution in [0.1, 0.15) is 52.9 Å². The maximum atomic E-state index is 12.6. The molecular weight excluding hydrogens is 264 g/mol. The van der Waals surface area contributed by atoms with E-state index in [1.165, 1.54) is 0 Å². The Labute approximate surface area is 129 Å². The van der Waals surface area contributed by atoms with Gasteiger partial charge in [-0.1, -0.05) is 33.6 Å². The summed E-state index contributed by atoms with van der Waals surface area (Å²) in [5.41, 5.74) is -0.356. The predicted octanol–water partition coefficient (Wildman–Crippen LogP) is 2.48. The molecule has 122 valence electrons. The molecule has 1 fully saturated rings. The van der Waals surface area contributed by atoms with Crippen LogP contribution in [0.2, 0.25) is 0 Å². The van der Waals surface area contributed by atoms with Crippen LogP contribution in [0.15, 0.2) is 0 Å². The molecule has 0 spiro atoms. The van der Waals surface area contributed by atoms with E-state index in [0.717, 1.165) is 38.6 Å². The summed E-state index contributed by atoms with van der Waals surface area (Å²) >= 11 is 0. The smallest absolute Gasteiger partial charge is 0.223 e. The normalized spacial score (nSPS) is 23.1. The van der Waals surface area contributed by atoms with Crippen LogP contribution in [0.3, 0.4) is 0 Å². The molecule has 1 rings (SSSR count). The lowest BCUT2D eigenvalue weighted by atomic mass is 9.70. The first-order chi connectivity index (χ1) is 9.73. The van der Waals surface area contributed by atoms with Gasteiger partial charge in [-0.05, 0) is 39.9 Å². The first-order valence-corrected chi connectivity index (χ1v) is 8.20. The first kappa shape index (κ1) is 18.1. The van der Waals surface area contributed by atoms with Crippen LogP contribution in [0.5, 0.6) is 0 Å². The summed E-state index contributed by atoms with van der Waals surface area (Å²) in [6.07, 6.45) is 4.79. The Morgan fingerprint density at radius 3 is 2.19 bits per heavy atom. The van der Waals surface area contributed by atoms with Gasteiger partial charge >= 0.3 is 0 Å². The second-order valence-corrected chi connectivity index (χ2v) is 7.56. The number of ketones is 1. The van der Waals surface area contributed by atoms with E-state index in [9.17, 15) is 9.59 Å². The molecule has 2 atom stereocenters. The van der Waals surface area contributed by atoms with Crippen molar-refractivity contribution in [2.24, 2.45) is 17.3 Å². The third-order valence-electron chi connectivity index (χ3n) is 4.26. The van der Waals surface area contributed by atoms with Crippen LogP contribution < -0.4 is 5.32 Å². The summed E-state index contributed by atoms with van der Waals surface area (Å²) in [5, 5.41) is 3.03. The molecule has 1 saturated carbocycles. The van der Waals surface area contributed by atoms with Crippen molar-refractivity contribution in [3.05, 3.63) is 0 Å². The standard InChI is InChI=1S/C17H32N2O2/c1-17(2,3)15(20)13-9-6-7-10-14(13)16(21)18-11-8-12-19(4)5/h13-14H,6-12H2,1-5H3,(H,18,21)/t13-,14+/m1/s1. The number of nitrogens with one attached hydrogen (secondary N) is 1. The molecule has 0 heterocycles. The minimum Gasteiger partial charge on any atom is -0.356 e. The van der Waals surface area contributed by atoms with E-state index >= 15 is 0 Å². The minimum absolute atomic E-state index is 0.0797. The zero-order valence-electron chi connectivity index (χ0n) is 14.4. The third-order valence-corrected chi connectivity index (χ3v) is 4.26. The van der Waals surface area contributed by atoms with Gasteiger partial charge in [0.1, 0.15) is 5.78 Å². The van der Waals surface area contributed by atoms with Crippen LogP contribution in [-0.4, -0.2) is 43.8 Å². The van der Waals surface area contributed by atoms with E-state index in [0.29, 0.717) is 6.54 Å². The lowest BCUT2D eigenvalue weighted by Gasteiger charge is -2.33. The largest absolute Gasteiger partial charge is 0.356 e. The highest BCUT2D eigenvalue weighted by Gasteiger charge is 2.39. The van der Waals surface area contributed by atoms with Gasteiger partial charge in [0.25, 0.3) is 0 Å². The molecule has 1 amide bonds. The zero-order valence-corrected chi connectivity index (χ0v) is 14.4. The topological polar surface area (TPSA) is 49.4 Å². The maximum Gasteiger partial charge on any atom is 0.223 e. The molecule has 0 saturated heterocycles. The van der Waals surface area contributed by atoms with Crippen molar-refractivity contribution >= 4 is 11.7 Å². The number of nitrogens with zero attached hydrogens (tertiary/aromatic N) is 1. The van der Waals surface area contributed by atoms with Crippen molar-refractivity contribution < 1.29 is 9.59 Å². The Kier molecular flexibility index (Phi) is 6.85. The fourth-order valence-electron chi connectivity index (χ4n) is 3.05. The second kappa shape index (κ2) is 7.92. The van der Waals surface area contributed by atoms with E-state index in [-0.39, 0.29) is 28.9 Å². The monoisotopic (exact) mass is 296 g/mol. The average molecular weight is 296 g/mol. The van der Waals surface area contributed by atoms with Gasteiger partial charge in [0.15, 0.2) is 0 Å². The molecule has 0 aromatic rings. The lowest BCUT2D eigenvalue weighted by Crippen LogP contribution is -2.43. The zero-order chi connectivity index (χ0) is 16.0. The Morgan fingerprint density at radius 2 is 1.67 bits per heavy atom. The predicted molar refractivity (Wildman–Crippen MR) is 86.1 cm³/mol. The Morgan fingerprint density at radius 1 is 1.10 bits per heavy atom.